The molecule has 2 aromatic carbocycles. The number of imide groups is 2. The first-order valence-corrected chi connectivity index (χ1v) is 14.7. The maximum atomic E-state index is 13.2. The zero-order valence-electron chi connectivity index (χ0n) is 23.5. The number of ether oxygens (including phenoxy) is 1. The number of piperidine rings is 2. The maximum absolute atomic E-state index is 13.2. The zero-order valence-corrected chi connectivity index (χ0v) is 23.5. The van der Waals surface area contributed by atoms with E-state index in [4.69, 9.17) is 4.74 Å². The third-order valence-corrected chi connectivity index (χ3v) is 8.76. The van der Waals surface area contributed by atoms with Gasteiger partial charge < -0.3 is 14.5 Å². The van der Waals surface area contributed by atoms with E-state index in [1.807, 2.05) is 36.4 Å². The highest BCUT2D eigenvalue weighted by molar-refractivity contribution is 6.23. The van der Waals surface area contributed by atoms with E-state index in [1.165, 1.54) is 0 Å². The minimum Gasteiger partial charge on any atom is -0.445 e. The summed E-state index contributed by atoms with van der Waals surface area (Å²) in [6.45, 7) is 6.03. The standard InChI is InChI=1S/C31H35N5O6/c37-27-9-8-26(28(38)32-27)36-29(39)24-7-6-23(18-25(24)30(36)40)34-16-14-33(15-17-34)19-21-10-12-35(13-11-21)31(41)42-20-22-4-2-1-3-5-22/h1-7,18,21,26H,8-17,19-20H2,(H,32,37,38). The van der Waals surface area contributed by atoms with Crippen molar-refractivity contribution in [2.24, 2.45) is 5.92 Å². The normalized spacial score (nSPS) is 21.9. The third-order valence-electron chi connectivity index (χ3n) is 8.76. The van der Waals surface area contributed by atoms with Crippen LogP contribution >= 0.6 is 0 Å². The molecule has 0 aromatic heterocycles. The second-order valence-corrected chi connectivity index (χ2v) is 11.4. The summed E-state index contributed by atoms with van der Waals surface area (Å²) < 4.78 is 5.49. The Kier molecular flexibility index (Phi) is 7.92. The molecule has 1 unspecified atom stereocenters. The molecule has 11 nitrogen and oxygen atoms in total. The van der Waals surface area contributed by atoms with Crippen molar-refractivity contribution < 1.29 is 28.7 Å². The van der Waals surface area contributed by atoms with Crippen molar-refractivity contribution in [1.82, 2.24) is 20.0 Å². The Labute approximate surface area is 244 Å². The van der Waals surface area contributed by atoms with Crippen molar-refractivity contribution in [3.05, 3.63) is 65.2 Å². The number of carbonyl (C=O) groups excluding carboxylic acids is 5. The highest BCUT2D eigenvalue weighted by Gasteiger charge is 2.44. The van der Waals surface area contributed by atoms with Gasteiger partial charge in [-0.3, -0.25) is 34.3 Å². The van der Waals surface area contributed by atoms with Crippen LogP contribution in [-0.2, 0) is 20.9 Å². The minimum atomic E-state index is -0.964. The highest BCUT2D eigenvalue weighted by Crippen LogP contribution is 2.31. The average molecular weight is 574 g/mol. The van der Waals surface area contributed by atoms with Gasteiger partial charge in [0.05, 0.1) is 11.1 Å². The van der Waals surface area contributed by atoms with Crippen LogP contribution in [0.3, 0.4) is 0 Å². The first-order chi connectivity index (χ1) is 20.4. The SMILES string of the molecule is O=C1CCC(N2C(=O)c3ccc(N4CCN(CC5CCN(C(=O)OCc6ccccc6)CC5)CC4)cc3C2=O)C(=O)N1. The van der Waals surface area contributed by atoms with Crippen LogP contribution in [0.4, 0.5) is 10.5 Å². The lowest BCUT2D eigenvalue weighted by Crippen LogP contribution is -2.54. The number of benzene rings is 2. The van der Waals surface area contributed by atoms with Crippen molar-refractivity contribution >= 4 is 35.4 Å². The van der Waals surface area contributed by atoms with Gasteiger partial charge in [0.15, 0.2) is 0 Å². The lowest BCUT2D eigenvalue weighted by atomic mass is 9.96. The summed E-state index contributed by atoms with van der Waals surface area (Å²) in [5.41, 5.74) is 2.46. The molecular weight excluding hydrogens is 538 g/mol. The molecule has 3 fully saturated rings. The number of anilines is 1. The van der Waals surface area contributed by atoms with Crippen LogP contribution in [0.1, 0.15) is 52.0 Å². The second-order valence-electron chi connectivity index (χ2n) is 11.4. The van der Waals surface area contributed by atoms with Crippen molar-refractivity contribution in [3.63, 3.8) is 0 Å². The average Bonchev–Trinajstić information content (AvgIpc) is 3.26. The van der Waals surface area contributed by atoms with Gasteiger partial charge in [-0.25, -0.2) is 4.79 Å². The fourth-order valence-corrected chi connectivity index (χ4v) is 6.32. The van der Waals surface area contributed by atoms with Crippen LogP contribution < -0.4 is 10.2 Å². The molecule has 4 heterocycles. The summed E-state index contributed by atoms with van der Waals surface area (Å²) in [6, 6.07) is 14.0. The van der Waals surface area contributed by atoms with Crippen molar-refractivity contribution in [2.45, 2.75) is 38.3 Å². The minimum absolute atomic E-state index is 0.0970. The molecule has 220 valence electrons. The van der Waals surface area contributed by atoms with E-state index < -0.39 is 23.8 Å². The van der Waals surface area contributed by atoms with Crippen LogP contribution in [0.25, 0.3) is 0 Å². The first kappa shape index (κ1) is 27.9. The number of hydrogen-bond donors (Lipinski definition) is 1. The molecule has 42 heavy (non-hydrogen) atoms. The number of nitrogens with one attached hydrogen (secondary N) is 1. The zero-order chi connectivity index (χ0) is 29.2. The second kappa shape index (κ2) is 11.9. The number of hydrogen-bond acceptors (Lipinski definition) is 8. The number of amides is 5. The largest absolute Gasteiger partial charge is 0.445 e. The molecule has 6 rings (SSSR count). The predicted molar refractivity (Wildman–Crippen MR) is 153 cm³/mol. The summed E-state index contributed by atoms with van der Waals surface area (Å²) in [5.74, 6) is -1.45. The van der Waals surface area contributed by atoms with Gasteiger partial charge in [-0.15, -0.1) is 0 Å². The van der Waals surface area contributed by atoms with Gasteiger partial charge in [-0.05, 0) is 48.9 Å². The number of nitrogens with zero attached hydrogens (tertiary/aromatic N) is 4. The van der Waals surface area contributed by atoms with Gasteiger partial charge in [0.1, 0.15) is 12.6 Å². The molecule has 1 N–H and O–H groups in total. The van der Waals surface area contributed by atoms with E-state index >= 15 is 0 Å². The lowest BCUT2D eigenvalue weighted by Gasteiger charge is -2.39. The van der Waals surface area contributed by atoms with Gasteiger partial charge in [0.25, 0.3) is 11.8 Å². The van der Waals surface area contributed by atoms with Crippen LogP contribution in [0.15, 0.2) is 48.5 Å². The molecule has 0 aliphatic carbocycles. The van der Waals surface area contributed by atoms with E-state index in [9.17, 15) is 24.0 Å². The number of piperazine rings is 1. The molecule has 0 radical (unpaired) electrons. The van der Waals surface area contributed by atoms with Gasteiger partial charge in [0.2, 0.25) is 11.8 Å². The van der Waals surface area contributed by atoms with Crippen molar-refractivity contribution in [3.8, 4) is 0 Å². The summed E-state index contributed by atoms with van der Waals surface area (Å²) in [4.78, 5) is 70.0. The Morgan fingerprint density at radius 1 is 0.833 bits per heavy atom. The van der Waals surface area contributed by atoms with Gasteiger partial charge in [0, 0.05) is 57.9 Å². The Bertz CT molecular complexity index is 1380. The van der Waals surface area contributed by atoms with Gasteiger partial charge in [-0.1, -0.05) is 30.3 Å². The Morgan fingerprint density at radius 2 is 1.55 bits per heavy atom. The molecule has 3 saturated heterocycles. The van der Waals surface area contributed by atoms with Crippen LogP contribution in [-0.4, -0.2) is 96.3 Å². The Morgan fingerprint density at radius 3 is 2.26 bits per heavy atom. The van der Waals surface area contributed by atoms with Gasteiger partial charge in [-0.2, -0.15) is 0 Å². The van der Waals surface area contributed by atoms with Crippen LogP contribution in [0.5, 0.6) is 0 Å². The van der Waals surface area contributed by atoms with E-state index in [-0.39, 0.29) is 31.4 Å². The number of fused-ring (bicyclic) bond motifs is 1. The molecule has 0 saturated carbocycles. The monoisotopic (exact) mass is 573 g/mol. The highest BCUT2D eigenvalue weighted by atomic mass is 16.6. The quantitative estimate of drug-likeness (QED) is 0.523. The smallest absolute Gasteiger partial charge is 0.410 e. The topological polar surface area (TPSA) is 120 Å². The molecule has 11 heteroatoms. The molecule has 4 aliphatic rings. The number of rotatable bonds is 6. The fraction of sp³-hybridized carbons (Fsp3) is 0.452. The van der Waals surface area contributed by atoms with Crippen LogP contribution in [0, 0.1) is 5.92 Å². The summed E-state index contributed by atoms with van der Waals surface area (Å²) >= 11 is 0. The molecule has 2 aromatic rings. The molecular formula is C31H35N5O6. The fourth-order valence-electron chi connectivity index (χ4n) is 6.32. The number of likely N-dealkylation sites (tertiary alicyclic amines) is 1. The van der Waals surface area contributed by atoms with E-state index in [1.54, 1.807) is 17.0 Å². The van der Waals surface area contributed by atoms with E-state index in [0.717, 1.165) is 61.7 Å². The van der Waals surface area contributed by atoms with E-state index in [2.05, 4.69) is 15.1 Å². The summed E-state index contributed by atoms with van der Waals surface area (Å²) in [6.07, 6.45) is 1.89. The first-order valence-electron chi connectivity index (χ1n) is 14.7. The van der Waals surface area contributed by atoms with Crippen LogP contribution in [0.2, 0.25) is 0 Å². The molecule has 1 atom stereocenters. The molecule has 5 amide bonds. The van der Waals surface area contributed by atoms with Gasteiger partial charge >= 0.3 is 6.09 Å². The third kappa shape index (κ3) is 5.74. The molecule has 0 spiro atoms. The predicted octanol–water partition coefficient (Wildman–Crippen LogP) is 2.26. The number of carbonyl (C=O) groups is 5. The summed E-state index contributed by atoms with van der Waals surface area (Å²) in [7, 11) is 0. The Balaban J connectivity index is 0.973. The lowest BCUT2D eigenvalue weighted by molar-refractivity contribution is -0.136. The Hall–Kier alpha value is -4.25. The molecule has 0 bridgehead atoms. The maximum Gasteiger partial charge on any atom is 0.410 e. The van der Waals surface area contributed by atoms with Crippen molar-refractivity contribution in [2.75, 3.05) is 50.7 Å². The molecule has 4 aliphatic heterocycles. The van der Waals surface area contributed by atoms with E-state index in [0.29, 0.717) is 30.1 Å². The van der Waals surface area contributed by atoms with Crippen molar-refractivity contribution in [1.29, 1.82) is 0 Å². The summed E-state index contributed by atoms with van der Waals surface area (Å²) in [5, 5.41) is 2.23.